The van der Waals surface area contributed by atoms with Crippen LogP contribution in [0.3, 0.4) is 0 Å². The Labute approximate surface area is 228 Å². The minimum absolute atomic E-state index is 0. The lowest BCUT2D eigenvalue weighted by Crippen LogP contribution is -2.56. The van der Waals surface area contributed by atoms with Gasteiger partial charge in [0, 0.05) is 12.5 Å². The summed E-state index contributed by atoms with van der Waals surface area (Å²) in [5.74, 6) is 4.14. The third kappa shape index (κ3) is 7.43. The maximum atomic E-state index is 13.9. The van der Waals surface area contributed by atoms with Crippen molar-refractivity contribution in [3.8, 4) is 11.8 Å². The van der Waals surface area contributed by atoms with E-state index in [-0.39, 0.29) is 24.9 Å². The van der Waals surface area contributed by atoms with E-state index in [0.717, 1.165) is 11.1 Å². The van der Waals surface area contributed by atoms with Crippen molar-refractivity contribution in [2.45, 2.75) is 30.8 Å². The summed E-state index contributed by atoms with van der Waals surface area (Å²) in [5.41, 5.74) is 2.09. The molecule has 2 amide bonds. The van der Waals surface area contributed by atoms with Crippen LogP contribution in [0.25, 0.3) is 0 Å². The SMILES string of the molecule is Cl.NS(=O)(=O)N[C@@H](C(=O)N1CCC[C@H]1C(=O)NCC#Cc1cnc[nH]1)C(c1ccccc1)c1ccccc1. The van der Waals surface area contributed by atoms with Crippen molar-refractivity contribution >= 4 is 34.4 Å². The number of nitrogens with one attached hydrogen (secondary N) is 3. The highest BCUT2D eigenvalue weighted by Gasteiger charge is 2.41. The van der Waals surface area contributed by atoms with E-state index in [2.05, 4.69) is 31.8 Å². The van der Waals surface area contributed by atoms with Crippen LogP contribution in [0.15, 0.2) is 73.2 Å². The molecule has 4 rings (SSSR count). The summed E-state index contributed by atoms with van der Waals surface area (Å²) < 4.78 is 26.8. The molecule has 38 heavy (non-hydrogen) atoms. The van der Waals surface area contributed by atoms with Crippen molar-refractivity contribution in [1.29, 1.82) is 0 Å². The second-order valence-electron chi connectivity index (χ2n) is 8.61. The molecule has 1 fully saturated rings. The zero-order chi connectivity index (χ0) is 26.3. The van der Waals surface area contributed by atoms with Crippen LogP contribution in [-0.4, -0.2) is 60.3 Å². The predicted molar refractivity (Wildman–Crippen MR) is 145 cm³/mol. The Morgan fingerprint density at radius 2 is 1.74 bits per heavy atom. The molecule has 0 radical (unpaired) electrons. The average Bonchev–Trinajstić information content (AvgIpc) is 3.59. The first-order valence-electron chi connectivity index (χ1n) is 11.8. The third-order valence-electron chi connectivity index (χ3n) is 6.12. The first-order chi connectivity index (χ1) is 17.8. The van der Waals surface area contributed by atoms with Crippen LogP contribution >= 0.6 is 12.4 Å². The fraction of sp³-hybridized carbons (Fsp3) is 0.269. The van der Waals surface area contributed by atoms with Gasteiger partial charge in [-0.15, -0.1) is 12.4 Å². The lowest BCUT2D eigenvalue weighted by atomic mass is 9.84. The van der Waals surface area contributed by atoms with Crippen molar-refractivity contribution in [2.24, 2.45) is 5.14 Å². The van der Waals surface area contributed by atoms with Crippen molar-refractivity contribution in [3.05, 3.63) is 90.0 Å². The molecular formula is C26H29ClN6O4S. The highest BCUT2D eigenvalue weighted by molar-refractivity contribution is 7.87. The molecule has 1 aliphatic heterocycles. The van der Waals surface area contributed by atoms with Crippen LogP contribution < -0.4 is 15.2 Å². The van der Waals surface area contributed by atoms with Crippen LogP contribution in [0.5, 0.6) is 0 Å². The number of imidazole rings is 1. The van der Waals surface area contributed by atoms with E-state index in [9.17, 15) is 18.0 Å². The van der Waals surface area contributed by atoms with Gasteiger partial charge in [-0.1, -0.05) is 66.6 Å². The second-order valence-corrected chi connectivity index (χ2v) is 9.94. The third-order valence-corrected chi connectivity index (χ3v) is 6.70. The number of nitrogens with zero attached hydrogens (tertiary/aromatic N) is 2. The molecule has 1 aliphatic rings. The van der Waals surface area contributed by atoms with Crippen LogP contribution in [0.2, 0.25) is 0 Å². The monoisotopic (exact) mass is 556 g/mol. The van der Waals surface area contributed by atoms with Crippen LogP contribution in [0, 0.1) is 11.8 Å². The normalized spacial score (nSPS) is 15.7. The first-order valence-corrected chi connectivity index (χ1v) is 13.3. The number of halogens is 1. The number of carbonyl (C=O) groups is 2. The van der Waals surface area contributed by atoms with Crippen LogP contribution in [-0.2, 0) is 19.8 Å². The van der Waals surface area contributed by atoms with Crippen molar-refractivity contribution in [1.82, 2.24) is 24.9 Å². The molecule has 0 spiro atoms. The molecule has 10 nitrogen and oxygen atoms in total. The van der Waals surface area contributed by atoms with Gasteiger partial charge in [-0.3, -0.25) is 9.59 Å². The first kappa shape index (κ1) is 28.9. The lowest BCUT2D eigenvalue weighted by molar-refractivity contribution is -0.139. The van der Waals surface area contributed by atoms with Crippen molar-refractivity contribution in [3.63, 3.8) is 0 Å². The molecular weight excluding hydrogens is 528 g/mol. The standard InChI is InChI=1S/C26H28N6O4S.ClH/c27-37(35,36)31-24(23(19-9-3-1-4-10-19)20-11-5-2-6-12-20)26(34)32-16-8-14-22(32)25(33)29-15-7-13-21-17-28-18-30-21;/h1-6,9-12,17-18,22-24,31H,8,14-16H2,(H,28,30)(H,29,33)(H2,27,35,36);1H/t22-,24+;/m0./s1. The Morgan fingerprint density at radius 1 is 1.11 bits per heavy atom. The smallest absolute Gasteiger partial charge is 0.275 e. The number of carbonyl (C=O) groups excluding carboxylic acids is 2. The summed E-state index contributed by atoms with van der Waals surface area (Å²) in [6, 6.07) is 16.3. The van der Waals surface area contributed by atoms with Gasteiger partial charge < -0.3 is 15.2 Å². The Morgan fingerprint density at radius 3 is 2.29 bits per heavy atom. The summed E-state index contributed by atoms with van der Waals surface area (Å²) in [4.78, 5) is 35.1. The topological polar surface area (TPSA) is 150 Å². The number of benzene rings is 2. The predicted octanol–water partition coefficient (Wildman–Crippen LogP) is 1.28. The van der Waals surface area contributed by atoms with E-state index in [1.165, 1.54) is 11.2 Å². The molecule has 0 aliphatic carbocycles. The molecule has 1 aromatic heterocycles. The van der Waals surface area contributed by atoms with Gasteiger partial charge in [0.05, 0.1) is 19.1 Å². The van der Waals surface area contributed by atoms with Gasteiger partial charge in [-0.2, -0.15) is 13.1 Å². The zero-order valence-corrected chi connectivity index (χ0v) is 22.0. The molecule has 2 aromatic carbocycles. The number of rotatable bonds is 8. The Bertz CT molecular complexity index is 1340. The molecule has 0 saturated carbocycles. The fourth-order valence-electron chi connectivity index (χ4n) is 4.53. The number of aromatic nitrogens is 2. The van der Waals surface area contributed by atoms with E-state index in [1.807, 2.05) is 60.7 Å². The van der Waals surface area contributed by atoms with E-state index in [1.54, 1.807) is 6.20 Å². The number of hydrogen-bond donors (Lipinski definition) is 4. The van der Waals surface area contributed by atoms with Crippen LogP contribution in [0.1, 0.15) is 35.6 Å². The molecule has 1 saturated heterocycles. The molecule has 0 bridgehead atoms. The zero-order valence-electron chi connectivity index (χ0n) is 20.4. The van der Waals surface area contributed by atoms with Gasteiger partial charge in [0.15, 0.2) is 0 Å². The molecule has 12 heteroatoms. The maximum absolute atomic E-state index is 13.9. The highest BCUT2D eigenvalue weighted by atomic mass is 35.5. The van der Waals surface area contributed by atoms with Crippen molar-refractivity contribution in [2.75, 3.05) is 13.1 Å². The number of aromatic amines is 1. The van der Waals surface area contributed by atoms with Gasteiger partial charge >= 0.3 is 0 Å². The molecule has 0 unspecified atom stereocenters. The van der Waals surface area contributed by atoms with Crippen molar-refractivity contribution < 1.29 is 18.0 Å². The molecule has 2 heterocycles. The minimum atomic E-state index is -4.26. The average molecular weight is 557 g/mol. The van der Waals surface area contributed by atoms with E-state index in [4.69, 9.17) is 5.14 Å². The largest absolute Gasteiger partial charge is 0.343 e. The quantitative estimate of drug-likeness (QED) is 0.308. The number of amides is 2. The number of nitrogens with two attached hydrogens (primary N) is 1. The fourth-order valence-corrected chi connectivity index (χ4v) is 5.12. The number of likely N-dealkylation sites (tertiary alicyclic amines) is 1. The second kappa shape index (κ2) is 13.2. The summed E-state index contributed by atoms with van der Waals surface area (Å²) in [6.07, 6.45) is 4.14. The number of H-pyrrole nitrogens is 1. The van der Waals surface area contributed by atoms with Gasteiger partial charge in [0.25, 0.3) is 10.2 Å². The summed E-state index contributed by atoms with van der Waals surface area (Å²) in [7, 11) is -4.26. The van der Waals surface area contributed by atoms with E-state index in [0.29, 0.717) is 25.1 Å². The van der Waals surface area contributed by atoms with Gasteiger partial charge in [-0.05, 0) is 29.9 Å². The van der Waals surface area contributed by atoms with Crippen LogP contribution in [0.4, 0.5) is 0 Å². The summed E-state index contributed by atoms with van der Waals surface area (Å²) >= 11 is 0. The number of hydrogen-bond acceptors (Lipinski definition) is 5. The lowest BCUT2D eigenvalue weighted by Gasteiger charge is -2.33. The Hall–Kier alpha value is -3.69. The Balaban J connectivity index is 0.00000400. The highest BCUT2D eigenvalue weighted by Crippen LogP contribution is 2.31. The van der Waals surface area contributed by atoms with E-state index >= 15 is 0 Å². The van der Waals surface area contributed by atoms with Gasteiger partial charge in [-0.25, -0.2) is 10.1 Å². The minimum Gasteiger partial charge on any atom is -0.343 e. The molecule has 200 valence electrons. The summed E-state index contributed by atoms with van der Waals surface area (Å²) in [5, 5.41) is 8.12. The Kier molecular flexibility index (Phi) is 10.0. The maximum Gasteiger partial charge on any atom is 0.275 e. The molecule has 5 N–H and O–H groups in total. The van der Waals surface area contributed by atoms with Gasteiger partial charge in [0.2, 0.25) is 11.8 Å². The van der Waals surface area contributed by atoms with Gasteiger partial charge in [0.1, 0.15) is 17.8 Å². The molecule has 3 aromatic rings. The van der Waals surface area contributed by atoms with E-state index < -0.39 is 34.1 Å². The summed E-state index contributed by atoms with van der Waals surface area (Å²) in [6.45, 7) is 0.405. The molecule has 2 atom stereocenters.